The fourth-order valence-electron chi connectivity index (χ4n) is 1.45. The third-order valence-electron chi connectivity index (χ3n) is 2.52. The molecule has 0 radical (unpaired) electrons. The Labute approximate surface area is 131 Å². The zero-order valence-corrected chi connectivity index (χ0v) is 13.0. The summed E-state index contributed by atoms with van der Waals surface area (Å²) in [6, 6.07) is 7.00. The second kappa shape index (κ2) is 6.07. The summed E-state index contributed by atoms with van der Waals surface area (Å²) in [4.78, 5) is 11.9. The highest BCUT2D eigenvalue weighted by Gasteiger charge is 2.19. The molecule has 1 aromatic carbocycles. The second-order valence-electron chi connectivity index (χ2n) is 3.91. The molecule has 6 nitrogen and oxygen atoms in total. The lowest BCUT2D eigenvalue weighted by Gasteiger charge is -2.04. The molecule has 2 aromatic rings. The number of benzene rings is 1. The van der Waals surface area contributed by atoms with E-state index in [1.54, 1.807) is 6.07 Å². The number of carbonyl (C=O) groups excluding carboxylic acids is 1. The summed E-state index contributed by atoms with van der Waals surface area (Å²) in [5.41, 5.74) is 0.406. The van der Waals surface area contributed by atoms with Gasteiger partial charge < -0.3 is 9.73 Å². The Morgan fingerprint density at radius 2 is 1.86 bits per heavy atom. The molecule has 0 spiro atoms. The van der Waals surface area contributed by atoms with E-state index in [9.17, 15) is 13.2 Å². The number of amides is 1. The van der Waals surface area contributed by atoms with Gasteiger partial charge in [0.25, 0.3) is 15.9 Å². The minimum atomic E-state index is -3.73. The van der Waals surface area contributed by atoms with Crippen molar-refractivity contribution >= 4 is 44.8 Å². The van der Waals surface area contributed by atoms with Gasteiger partial charge in [-0.25, -0.2) is 13.1 Å². The molecular formula is C12H10Cl2N2O4S. The molecule has 0 saturated heterocycles. The summed E-state index contributed by atoms with van der Waals surface area (Å²) < 4.78 is 30.1. The van der Waals surface area contributed by atoms with E-state index in [2.05, 4.69) is 10.0 Å². The van der Waals surface area contributed by atoms with E-state index in [1.807, 2.05) is 0 Å². The fourth-order valence-corrected chi connectivity index (χ4v) is 2.40. The number of furan rings is 1. The van der Waals surface area contributed by atoms with E-state index in [0.29, 0.717) is 10.7 Å². The molecule has 0 saturated carbocycles. The topological polar surface area (TPSA) is 88.4 Å². The van der Waals surface area contributed by atoms with E-state index < -0.39 is 15.9 Å². The predicted molar refractivity (Wildman–Crippen MR) is 79.4 cm³/mol. The van der Waals surface area contributed by atoms with Crippen molar-refractivity contribution in [1.82, 2.24) is 4.72 Å². The molecule has 9 heteroatoms. The van der Waals surface area contributed by atoms with Crippen molar-refractivity contribution in [2.75, 3.05) is 12.4 Å². The Morgan fingerprint density at radius 3 is 2.48 bits per heavy atom. The standard InChI is InChI=1S/C12H10Cl2N2O4S/c1-15-21(18,19)11-5-4-10(20-11)12(17)16-7-2-3-8(13)9(14)6-7/h2-6,15H,1H3,(H,16,17). The molecular weight excluding hydrogens is 339 g/mol. The fraction of sp³-hybridized carbons (Fsp3) is 0.0833. The number of halogens is 2. The molecule has 1 amide bonds. The summed E-state index contributed by atoms with van der Waals surface area (Å²) in [6.07, 6.45) is 0. The highest BCUT2D eigenvalue weighted by Crippen LogP contribution is 2.25. The van der Waals surface area contributed by atoms with E-state index in [-0.39, 0.29) is 15.9 Å². The molecule has 0 fully saturated rings. The smallest absolute Gasteiger partial charge is 0.291 e. The lowest BCUT2D eigenvalue weighted by molar-refractivity contribution is 0.0991. The van der Waals surface area contributed by atoms with Crippen LogP contribution in [0.1, 0.15) is 10.6 Å². The number of sulfonamides is 1. The van der Waals surface area contributed by atoms with Gasteiger partial charge in [0.2, 0.25) is 5.09 Å². The van der Waals surface area contributed by atoms with E-state index in [4.69, 9.17) is 27.6 Å². The van der Waals surface area contributed by atoms with Crippen molar-refractivity contribution in [1.29, 1.82) is 0 Å². The van der Waals surface area contributed by atoms with Crippen molar-refractivity contribution in [3.8, 4) is 0 Å². The first-order valence-electron chi connectivity index (χ1n) is 5.63. The average Bonchev–Trinajstić information content (AvgIpc) is 2.93. The van der Waals surface area contributed by atoms with Gasteiger partial charge in [-0.15, -0.1) is 0 Å². The first-order valence-corrected chi connectivity index (χ1v) is 7.87. The van der Waals surface area contributed by atoms with E-state index in [1.165, 1.54) is 31.3 Å². The number of carbonyl (C=O) groups is 1. The SMILES string of the molecule is CNS(=O)(=O)c1ccc(C(=O)Nc2ccc(Cl)c(Cl)c2)o1. The third-order valence-corrected chi connectivity index (χ3v) is 4.54. The molecule has 0 aliphatic heterocycles. The molecule has 2 rings (SSSR count). The second-order valence-corrected chi connectivity index (χ2v) is 6.54. The largest absolute Gasteiger partial charge is 0.438 e. The number of anilines is 1. The maximum Gasteiger partial charge on any atom is 0.291 e. The van der Waals surface area contributed by atoms with Gasteiger partial charge in [-0.05, 0) is 37.4 Å². The Bertz CT molecular complexity index is 786. The van der Waals surface area contributed by atoms with Gasteiger partial charge in [-0.1, -0.05) is 23.2 Å². The van der Waals surface area contributed by atoms with Crippen LogP contribution in [0.5, 0.6) is 0 Å². The van der Waals surface area contributed by atoms with Crippen LogP contribution in [0.2, 0.25) is 10.0 Å². The summed E-state index contributed by atoms with van der Waals surface area (Å²) in [7, 11) is -2.49. The Balaban J connectivity index is 2.19. The van der Waals surface area contributed by atoms with Gasteiger partial charge in [0.1, 0.15) is 0 Å². The van der Waals surface area contributed by atoms with Crippen LogP contribution in [-0.2, 0) is 10.0 Å². The Kier molecular flexibility index (Phi) is 4.58. The predicted octanol–water partition coefficient (Wildman–Crippen LogP) is 2.75. The normalized spacial score (nSPS) is 11.4. The Morgan fingerprint density at radius 1 is 1.14 bits per heavy atom. The van der Waals surface area contributed by atoms with Gasteiger partial charge in [0, 0.05) is 5.69 Å². The lowest BCUT2D eigenvalue weighted by Crippen LogP contribution is -2.18. The van der Waals surface area contributed by atoms with Gasteiger partial charge in [-0.2, -0.15) is 0 Å². The molecule has 0 bridgehead atoms. The molecule has 0 aliphatic carbocycles. The highest BCUT2D eigenvalue weighted by atomic mass is 35.5. The monoisotopic (exact) mass is 348 g/mol. The number of nitrogens with one attached hydrogen (secondary N) is 2. The zero-order chi connectivity index (χ0) is 15.6. The van der Waals surface area contributed by atoms with Crippen LogP contribution in [0.3, 0.4) is 0 Å². The summed E-state index contributed by atoms with van der Waals surface area (Å²) in [5.74, 6) is -0.749. The van der Waals surface area contributed by atoms with Crippen LogP contribution in [0.4, 0.5) is 5.69 Å². The first kappa shape index (κ1) is 15.8. The van der Waals surface area contributed by atoms with Gasteiger partial charge in [0.05, 0.1) is 10.0 Å². The van der Waals surface area contributed by atoms with Gasteiger partial charge in [-0.3, -0.25) is 4.79 Å². The quantitative estimate of drug-likeness (QED) is 0.888. The molecule has 21 heavy (non-hydrogen) atoms. The van der Waals surface area contributed by atoms with Crippen molar-refractivity contribution in [3.05, 3.63) is 46.1 Å². The number of hydrogen-bond donors (Lipinski definition) is 2. The molecule has 112 valence electrons. The number of hydrogen-bond acceptors (Lipinski definition) is 4. The van der Waals surface area contributed by atoms with Crippen molar-refractivity contribution < 1.29 is 17.6 Å². The third kappa shape index (κ3) is 3.56. The van der Waals surface area contributed by atoms with Crippen molar-refractivity contribution in [2.45, 2.75) is 5.09 Å². The van der Waals surface area contributed by atoms with E-state index in [0.717, 1.165) is 0 Å². The van der Waals surface area contributed by atoms with E-state index >= 15 is 0 Å². The number of rotatable bonds is 4. The minimum absolute atomic E-state index is 0.144. The lowest BCUT2D eigenvalue weighted by atomic mass is 10.3. The minimum Gasteiger partial charge on any atom is -0.438 e. The molecule has 0 unspecified atom stereocenters. The molecule has 0 aliphatic rings. The zero-order valence-electron chi connectivity index (χ0n) is 10.7. The first-order chi connectivity index (χ1) is 9.83. The molecule has 2 N–H and O–H groups in total. The summed E-state index contributed by atoms with van der Waals surface area (Å²) in [6.45, 7) is 0. The Hall–Kier alpha value is -1.54. The van der Waals surface area contributed by atoms with Crippen molar-refractivity contribution in [2.24, 2.45) is 0 Å². The maximum absolute atomic E-state index is 11.9. The van der Waals surface area contributed by atoms with Gasteiger partial charge >= 0.3 is 0 Å². The highest BCUT2D eigenvalue weighted by molar-refractivity contribution is 7.89. The average molecular weight is 349 g/mol. The summed E-state index contributed by atoms with van der Waals surface area (Å²) >= 11 is 11.6. The molecule has 1 aromatic heterocycles. The maximum atomic E-state index is 11.9. The van der Waals surface area contributed by atoms with Crippen LogP contribution in [0.25, 0.3) is 0 Å². The van der Waals surface area contributed by atoms with Crippen LogP contribution in [0.15, 0.2) is 39.8 Å². The van der Waals surface area contributed by atoms with Crippen LogP contribution < -0.4 is 10.0 Å². The van der Waals surface area contributed by atoms with Crippen molar-refractivity contribution in [3.63, 3.8) is 0 Å². The van der Waals surface area contributed by atoms with Crippen LogP contribution >= 0.6 is 23.2 Å². The molecule has 1 heterocycles. The van der Waals surface area contributed by atoms with Crippen LogP contribution in [0, 0.1) is 0 Å². The summed E-state index contributed by atoms with van der Waals surface area (Å²) in [5, 5.41) is 2.82. The molecule has 0 atom stereocenters. The van der Waals surface area contributed by atoms with Gasteiger partial charge in [0.15, 0.2) is 5.76 Å². The van der Waals surface area contributed by atoms with Crippen LogP contribution in [-0.4, -0.2) is 21.4 Å².